The lowest BCUT2D eigenvalue weighted by Gasteiger charge is -2.15. The van der Waals surface area contributed by atoms with Crippen LogP contribution in [0, 0.1) is 0 Å². The van der Waals surface area contributed by atoms with Crippen molar-refractivity contribution >= 4 is 11.0 Å². The second-order valence-electron chi connectivity index (χ2n) is 5.96. The van der Waals surface area contributed by atoms with Crippen LogP contribution in [0.4, 0.5) is 0 Å². The van der Waals surface area contributed by atoms with Gasteiger partial charge >= 0.3 is 0 Å². The minimum absolute atomic E-state index is 0.706. The molecule has 0 spiro atoms. The molecular weight excluding hydrogens is 262 g/mol. The lowest BCUT2D eigenvalue weighted by atomic mass is 10.1. The van der Waals surface area contributed by atoms with Crippen LogP contribution in [0.1, 0.15) is 44.3 Å². The maximum atomic E-state index is 5.24. The van der Waals surface area contributed by atoms with Gasteiger partial charge in [0.15, 0.2) is 0 Å². The molecular formula is C17H25N3O. The average Bonchev–Trinajstić information content (AvgIpc) is 2.72. The van der Waals surface area contributed by atoms with E-state index in [0.717, 1.165) is 35.6 Å². The summed E-state index contributed by atoms with van der Waals surface area (Å²) in [4.78, 5) is 8.03. The van der Waals surface area contributed by atoms with E-state index in [-0.39, 0.29) is 0 Å². The van der Waals surface area contributed by atoms with E-state index in [1.165, 1.54) is 38.5 Å². The summed E-state index contributed by atoms with van der Waals surface area (Å²) in [7, 11) is 1.69. The number of H-pyrrole nitrogens is 1. The molecule has 0 amide bonds. The number of aromatic amines is 1. The fourth-order valence-corrected chi connectivity index (χ4v) is 3.17. The number of nitrogens with one attached hydrogen (secondary N) is 2. The number of rotatable bonds is 5. The van der Waals surface area contributed by atoms with Crippen molar-refractivity contribution in [2.45, 2.75) is 51.0 Å². The van der Waals surface area contributed by atoms with Crippen molar-refractivity contribution in [1.29, 1.82) is 0 Å². The van der Waals surface area contributed by atoms with Gasteiger partial charge in [0.1, 0.15) is 11.6 Å². The van der Waals surface area contributed by atoms with E-state index in [1.807, 2.05) is 18.2 Å². The standard InChI is InChI=1S/C17H25N3O/c1-21-14-8-9-15-16(12-14)20-17(19-15)10-11-18-13-6-4-2-3-5-7-13/h8-9,12-13,18H,2-7,10-11H2,1H3,(H,19,20). The predicted molar refractivity (Wildman–Crippen MR) is 85.8 cm³/mol. The second kappa shape index (κ2) is 6.94. The summed E-state index contributed by atoms with van der Waals surface area (Å²) in [5.41, 5.74) is 2.07. The van der Waals surface area contributed by atoms with Gasteiger partial charge in [0, 0.05) is 25.1 Å². The van der Waals surface area contributed by atoms with Gasteiger partial charge in [-0.15, -0.1) is 0 Å². The number of fused-ring (bicyclic) bond motifs is 1. The Bertz CT molecular complexity index is 570. The third-order valence-corrected chi connectivity index (χ3v) is 4.39. The molecule has 1 saturated carbocycles. The lowest BCUT2D eigenvalue weighted by Crippen LogP contribution is -2.30. The molecule has 1 heterocycles. The van der Waals surface area contributed by atoms with Crippen LogP contribution >= 0.6 is 0 Å². The number of hydrogen-bond acceptors (Lipinski definition) is 3. The first-order chi connectivity index (χ1) is 10.3. The van der Waals surface area contributed by atoms with Crippen molar-refractivity contribution < 1.29 is 4.74 Å². The van der Waals surface area contributed by atoms with Crippen molar-refractivity contribution in [3.8, 4) is 5.75 Å². The number of ether oxygens (including phenoxy) is 1. The molecule has 0 aliphatic heterocycles. The van der Waals surface area contributed by atoms with Gasteiger partial charge in [0.25, 0.3) is 0 Å². The van der Waals surface area contributed by atoms with Crippen LogP contribution in [0.3, 0.4) is 0 Å². The largest absolute Gasteiger partial charge is 0.497 e. The SMILES string of the molecule is COc1ccc2nc(CCNC3CCCCCC3)[nH]c2c1. The monoisotopic (exact) mass is 287 g/mol. The number of methoxy groups -OCH3 is 1. The second-order valence-corrected chi connectivity index (χ2v) is 5.96. The van der Waals surface area contributed by atoms with Gasteiger partial charge in [0.2, 0.25) is 0 Å². The summed E-state index contributed by atoms with van der Waals surface area (Å²) in [5, 5.41) is 3.69. The summed E-state index contributed by atoms with van der Waals surface area (Å²) in [5.74, 6) is 1.92. The summed E-state index contributed by atoms with van der Waals surface area (Å²) >= 11 is 0. The highest BCUT2D eigenvalue weighted by molar-refractivity contribution is 5.76. The van der Waals surface area contributed by atoms with E-state index in [1.54, 1.807) is 7.11 Å². The quantitative estimate of drug-likeness (QED) is 0.828. The Kier molecular flexibility index (Phi) is 4.76. The molecule has 1 aromatic carbocycles. The van der Waals surface area contributed by atoms with Gasteiger partial charge < -0.3 is 15.0 Å². The van der Waals surface area contributed by atoms with Gasteiger partial charge in [-0.3, -0.25) is 0 Å². The Balaban J connectivity index is 1.55. The van der Waals surface area contributed by atoms with Gasteiger partial charge in [-0.25, -0.2) is 4.98 Å². The molecule has 0 bridgehead atoms. The molecule has 3 rings (SSSR count). The Labute approximate surface area is 126 Å². The molecule has 114 valence electrons. The minimum atomic E-state index is 0.706. The summed E-state index contributed by atoms with van der Waals surface area (Å²) in [6.07, 6.45) is 9.18. The van der Waals surface area contributed by atoms with Crippen LogP contribution < -0.4 is 10.1 Å². The summed E-state index contributed by atoms with van der Waals surface area (Å²) in [6, 6.07) is 6.67. The van der Waals surface area contributed by atoms with E-state index >= 15 is 0 Å². The van der Waals surface area contributed by atoms with Crippen LogP contribution in [0.2, 0.25) is 0 Å². The van der Waals surface area contributed by atoms with Crippen LogP contribution in [0.25, 0.3) is 11.0 Å². The molecule has 2 N–H and O–H groups in total. The highest BCUT2D eigenvalue weighted by Gasteiger charge is 2.11. The number of aromatic nitrogens is 2. The van der Waals surface area contributed by atoms with Crippen LogP contribution in [0.5, 0.6) is 5.75 Å². The Morgan fingerprint density at radius 2 is 2.05 bits per heavy atom. The highest BCUT2D eigenvalue weighted by Crippen LogP contribution is 2.19. The van der Waals surface area contributed by atoms with Crippen molar-refractivity contribution in [3.63, 3.8) is 0 Å². The van der Waals surface area contributed by atoms with Crippen molar-refractivity contribution in [2.24, 2.45) is 0 Å². The smallest absolute Gasteiger partial charge is 0.121 e. The first-order valence-corrected chi connectivity index (χ1v) is 8.11. The Morgan fingerprint density at radius 1 is 1.24 bits per heavy atom. The van der Waals surface area contributed by atoms with E-state index < -0.39 is 0 Å². The molecule has 1 aromatic heterocycles. The number of imidazole rings is 1. The molecule has 4 heteroatoms. The van der Waals surface area contributed by atoms with Crippen LogP contribution in [-0.2, 0) is 6.42 Å². The third kappa shape index (κ3) is 3.76. The van der Waals surface area contributed by atoms with Crippen molar-refractivity contribution in [2.75, 3.05) is 13.7 Å². The third-order valence-electron chi connectivity index (χ3n) is 4.39. The van der Waals surface area contributed by atoms with Gasteiger partial charge in [-0.2, -0.15) is 0 Å². The predicted octanol–water partition coefficient (Wildman–Crippen LogP) is 3.43. The molecule has 1 aliphatic carbocycles. The average molecular weight is 287 g/mol. The first-order valence-electron chi connectivity index (χ1n) is 8.11. The fourth-order valence-electron chi connectivity index (χ4n) is 3.17. The molecule has 0 unspecified atom stereocenters. The van der Waals surface area contributed by atoms with E-state index in [4.69, 9.17) is 4.74 Å². The normalized spacial score (nSPS) is 17.0. The molecule has 2 aromatic rings. The van der Waals surface area contributed by atoms with E-state index in [2.05, 4.69) is 15.3 Å². The molecule has 0 radical (unpaired) electrons. The molecule has 0 atom stereocenters. The van der Waals surface area contributed by atoms with Crippen LogP contribution in [0.15, 0.2) is 18.2 Å². The minimum Gasteiger partial charge on any atom is -0.497 e. The molecule has 1 fully saturated rings. The lowest BCUT2D eigenvalue weighted by molar-refractivity contribution is 0.415. The van der Waals surface area contributed by atoms with E-state index in [0.29, 0.717) is 6.04 Å². The summed E-state index contributed by atoms with van der Waals surface area (Å²) < 4.78 is 5.24. The first kappa shape index (κ1) is 14.4. The van der Waals surface area contributed by atoms with Crippen molar-refractivity contribution in [3.05, 3.63) is 24.0 Å². The molecule has 1 aliphatic rings. The number of nitrogens with zero attached hydrogens (tertiary/aromatic N) is 1. The van der Waals surface area contributed by atoms with Gasteiger partial charge in [0.05, 0.1) is 18.1 Å². The fraction of sp³-hybridized carbons (Fsp3) is 0.588. The topological polar surface area (TPSA) is 49.9 Å². The van der Waals surface area contributed by atoms with Gasteiger partial charge in [-0.05, 0) is 25.0 Å². The summed E-state index contributed by atoms with van der Waals surface area (Å²) in [6.45, 7) is 1.00. The zero-order valence-electron chi connectivity index (χ0n) is 12.8. The van der Waals surface area contributed by atoms with Crippen LogP contribution in [-0.4, -0.2) is 29.7 Å². The maximum Gasteiger partial charge on any atom is 0.121 e. The highest BCUT2D eigenvalue weighted by atomic mass is 16.5. The molecule has 0 saturated heterocycles. The zero-order chi connectivity index (χ0) is 14.5. The Morgan fingerprint density at radius 3 is 2.81 bits per heavy atom. The zero-order valence-corrected chi connectivity index (χ0v) is 12.8. The van der Waals surface area contributed by atoms with Gasteiger partial charge in [-0.1, -0.05) is 25.7 Å². The number of benzene rings is 1. The number of hydrogen-bond donors (Lipinski definition) is 2. The molecule has 4 nitrogen and oxygen atoms in total. The van der Waals surface area contributed by atoms with Crippen molar-refractivity contribution in [1.82, 2.24) is 15.3 Å². The maximum absolute atomic E-state index is 5.24. The molecule has 21 heavy (non-hydrogen) atoms. The van der Waals surface area contributed by atoms with E-state index in [9.17, 15) is 0 Å². The Hall–Kier alpha value is -1.55.